The zero-order chi connectivity index (χ0) is 17.4. The normalized spacial score (nSPS) is 20.0. The van der Waals surface area contributed by atoms with E-state index in [1.54, 1.807) is 4.90 Å². The number of aromatic nitrogens is 2. The molecule has 0 aliphatic carbocycles. The van der Waals surface area contributed by atoms with Gasteiger partial charge in [0.2, 0.25) is 5.91 Å². The van der Waals surface area contributed by atoms with Crippen molar-refractivity contribution < 1.29 is 9.59 Å². The summed E-state index contributed by atoms with van der Waals surface area (Å²) in [5.74, 6) is 0.257. The van der Waals surface area contributed by atoms with Crippen molar-refractivity contribution in [3.8, 4) is 0 Å². The predicted octanol–water partition coefficient (Wildman–Crippen LogP) is 2.08. The van der Waals surface area contributed by atoms with Crippen molar-refractivity contribution in [1.29, 1.82) is 0 Å². The molecule has 2 aliphatic heterocycles. The van der Waals surface area contributed by atoms with Crippen molar-refractivity contribution in [2.24, 2.45) is 0 Å². The fourth-order valence-electron chi connectivity index (χ4n) is 3.80. The summed E-state index contributed by atoms with van der Waals surface area (Å²) < 4.78 is 0. The van der Waals surface area contributed by atoms with Crippen molar-refractivity contribution in [3.05, 3.63) is 52.8 Å². The molecule has 1 fully saturated rings. The van der Waals surface area contributed by atoms with Gasteiger partial charge in [0.25, 0.3) is 5.91 Å². The lowest BCUT2D eigenvalue weighted by Gasteiger charge is -2.33. The monoisotopic (exact) mass is 338 g/mol. The molecule has 1 N–H and O–H groups in total. The third-order valence-electron chi connectivity index (χ3n) is 5.14. The van der Waals surface area contributed by atoms with Crippen LogP contribution in [0.4, 0.5) is 0 Å². The summed E-state index contributed by atoms with van der Waals surface area (Å²) in [5.41, 5.74) is 3.79. The van der Waals surface area contributed by atoms with Crippen LogP contribution in [0.3, 0.4) is 0 Å². The Balaban J connectivity index is 1.41. The number of nitrogens with zero attached hydrogens (tertiary/aromatic N) is 3. The molecule has 6 heteroatoms. The van der Waals surface area contributed by atoms with Gasteiger partial charge in [-0.1, -0.05) is 18.2 Å². The average molecular weight is 338 g/mol. The SMILES string of the molecule is Cc1cc(C2CCCN(C(=O)CN3Cc4ccccc4C3=O)C2)n[nH]1. The van der Waals surface area contributed by atoms with Crippen LogP contribution in [-0.2, 0) is 11.3 Å². The number of nitrogens with one attached hydrogen (secondary N) is 1. The molecule has 2 amide bonds. The van der Waals surface area contributed by atoms with Crippen molar-refractivity contribution in [2.45, 2.75) is 32.2 Å². The Labute approximate surface area is 146 Å². The van der Waals surface area contributed by atoms with Crippen molar-refractivity contribution in [2.75, 3.05) is 19.6 Å². The van der Waals surface area contributed by atoms with Crippen LogP contribution in [0.1, 0.15) is 46.1 Å². The molecule has 1 saturated heterocycles. The van der Waals surface area contributed by atoms with E-state index < -0.39 is 0 Å². The van der Waals surface area contributed by atoms with E-state index in [1.165, 1.54) is 0 Å². The fourth-order valence-corrected chi connectivity index (χ4v) is 3.80. The first-order valence-corrected chi connectivity index (χ1v) is 8.78. The maximum atomic E-state index is 12.7. The third kappa shape index (κ3) is 3.04. The molecule has 1 atom stereocenters. The minimum absolute atomic E-state index is 0.0260. The molecule has 0 bridgehead atoms. The second-order valence-electron chi connectivity index (χ2n) is 6.97. The number of benzene rings is 1. The maximum absolute atomic E-state index is 12.7. The molecule has 25 heavy (non-hydrogen) atoms. The number of H-pyrrole nitrogens is 1. The number of hydrogen-bond acceptors (Lipinski definition) is 3. The van der Waals surface area contributed by atoms with Crippen LogP contribution in [0.25, 0.3) is 0 Å². The molecule has 2 aliphatic rings. The van der Waals surface area contributed by atoms with E-state index in [2.05, 4.69) is 16.3 Å². The van der Waals surface area contributed by atoms with Crippen molar-refractivity contribution >= 4 is 11.8 Å². The van der Waals surface area contributed by atoms with Gasteiger partial charge in [-0.25, -0.2) is 0 Å². The van der Waals surface area contributed by atoms with Gasteiger partial charge < -0.3 is 9.80 Å². The second kappa shape index (κ2) is 6.35. The van der Waals surface area contributed by atoms with E-state index in [9.17, 15) is 9.59 Å². The Morgan fingerprint density at radius 3 is 2.96 bits per heavy atom. The number of carbonyl (C=O) groups is 2. The summed E-state index contributed by atoms with van der Waals surface area (Å²) in [7, 11) is 0. The van der Waals surface area contributed by atoms with E-state index in [-0.39, 0.29) is 24.3 Å². The van der Waals surface area contributed by atoms with Crippen molar-refractivity contribution in [3.63, 3.8) is 0 Å². The fraction of sp³-hybridized carbons (Fsp3) is 0.421. The molecular formula is C19H22N4O2. The summed E-state index contributed by atoms with van der Waals surface area (Å²) in [5, 5.41) is 7.33. The first-order chi connectivity index (χ1) is 12.1. The number of carbonyl (C=O) groups excluding carboxylic acids is 2. The van der Waals surface area contributed by atoms with Crippen LogP contribution < -0.4 is 0 Å². The van der Waals surface area contributed by atoms with Gasteiger partial charge in [-0.3, -0.25) is 14.7 Å². The standard InChI is InChI=1S/C19H22N4O2/c1-13-9-17(21-20-13)15-6-4-8-22(11-15)18(24)12-23-10-14-5-2-3-7-16(14)19(23)25/h2-3,5,7,9,15H,4,6,8,10-12H2,1H3,(H,20,21). The summed E-state index contributed by atoms with van der Waals surface area (Å²) in [6.07, 6.45) is 2.01. The maximum Gasteiger partial charge on any atom is 0.254 e. The van der Waals surface area contributed by atoms with E-state index in [0.29, 0.717) is 13.1 Å². The van der Waals surface area contributed by atoms with Crippen LogP contribution in [0.5, 0.6) is 0 Å². The van der Waals surface area contributed by atoms with E-state index in [4.69, 9.17) is 0 Å². The highest BCUT2D eigenvalue weighted by Gasteiger charge is 2.31. The van der Waals surface area contributed by atoms with Gasteiger partial charge in [-0.05, 0) is 37.5 Å². The van der Waals surface area contributed by atoms with E-state index in [0.717, 1.165) is 41.9 Å². The second-order valence-corrected chi connectivity index (χ2v) is 6.97. The quantitative estimate of drug-likeness (QED) is 0.931. The lowest BCUT2D eigenvalue weighted by molar-refractivity contribution is -0.133. The summed E-state index contributed by atoms with van der Waals surface area (Å²) in [4.78, 5) is 28.7. The highest BCUT2D eigenvalue weighted by Crippen LogP contribution is 2.27. The Bertz CT molecular complexity index is 813. The molecule has 1 aromatic carbocycles. The minimum atomic E-state index is -0.0413. The highest BCUT2D eigenvalue weighted by molar-refractivity contribution is 6.00. The van der Waals surface area contributed by atoms with Crippen molar-refractivity contribution in [1.82, 2.24) is 20.0 Å². The van der Waals surface area contributed by atoms with Gasteiger partial charge in [0.05, 0.1) is 5.69 Å². The molecule has 3 heterocycles. The number of fused-ring (bicyclic) bond motifs is 1. The molecule has 1 aromatic heterocycles. The van der Waals surface area contributed by atoms with Gasteiger partial charge in [0.1, 0.15) is 6.54 Å². The number of piperidine rings is 1. The predicted molar refractivity (Wildman–Crippen MR) is 93.1 cm³/mol. The molecule has 0 spiro atoms. The molecule has 1 unspecified atom stereocenters. The largest absolute Gasteiger partial charge is 0.340 e. The first kappa shape index (κ1) is 15.9. The number of rotatable bonds is 3. The van der Waals surface area contributed by atoms with Gasteiger partial charge in [0.15, 0.2) is 0 Å². The molecule has 0 radical (unpaired) electrons. The van der Waals surface area contributed by atoms with Crippen LogP contribution >= 0.6 is 0 Å². The molecule has 0 saturated carbocycles. The van der Waals surface area contributed by atoms with Gasteiger partial charge in [-0.2, -0.15) is 5.10 Å². The van der Waals surface area contributed by atoms with Gasteiger partial charge in [0, 0.05) is 36.8 Å². The third-order valence-corrected chi connectivity index (χ3v) is 5.14. The number of amides is 2. The van der Waals surface area contributed by atoms with Crippen LogP contribution in [0, 0.1) is 6.92 Å². The van der Waals surface area contributed by atoms with Crippen LogP contribution in [0.15, 0.2) is 30.3 Å². The molecule has 6 nitrogen and oxygen atoms in total. The Kier molecular flexibility index (Phi) is 4.03. The van der Waals surface area contributed by atoms with E-state index in [1.807, 2.05) is 36.1 Å². The topological polar surface area (TPSA) is 69.3 Å². The Morgan fingerprint density at radius 2 is 2.20 bits per heavy atom. The average Bonchev–Trinajstić information content (AvgIpc) is 3.20. The zero-order valence-corrected chi connectivity index (χ0v) is 14.4. The summed E-state index contributed by atoms with van der Waals surface area (Å²) >= 11 is 0. The summed E-state index contributed by atoms with van der Waals surface area (Å²) in [6.45, 7) is 4.10. The van der Waals surface area contributed by atoms with Crippen LogP contribution in [-0.4, -0.2) is 51.4 Å². The molecular weight excluding hydrogens is 316 g/mol. The van der Waals surface area contributed by atoms with Crippen LogP contribution in [0.2, 0.25) is 0 Å². The Morgan fingerprint density at radius 1 is 1.36 bits per heavy atom. The van der Waals surface area contributed by atoms with Gasteiger partial charge in [-0.15, -0.1) is 0 Å². The number of likely N-dealkylation sites (tertiary alicyclic amines) is 1. The minimum Gasteiger partial charge on any atom is -0.340 e. The number of hydrogen-bond donors (Lipinski definition) is 1. The summed E-state index contributed by atoms with van der Waals surface area (Å²) in [6, 6.07) is 9.63. The molecule has 2 aromatic rings. The number of aromatic amines is 1. The van der Waals surface area contributed by atoms with E-state index >= 15 is 0 Å². The smallest absolute Gasteiger partial charge is 0.254 e. The molecule has 4 rings (SSSR count). The lowest BCUT2D eigenvalue weighted by atomic mass is 9.94. The lowest BCUT2D eigenvalue weighted by Crippen LogP contribution is -2.44. The van der Waals surface area contributed by atoms with Gasteiger partial charge >= 0.3 is 0 Å². The zero-order valence-electron chi connectivity index (χ0n) is 14.4. The number of aryl methyl sites for hydroxylation is 1. The molecule has 130 valence electrons. The highest BCUT2D eigenvalue weighted by atomic mass is 16.2. The first-order valence-electron chi connectivity index (χ1n) is 8.78. The Hall–Kier alpha value is -2.63.